The van der Waals surface area contributed by atoms with Gasteiger partial charge in [-0.3, -0.25) is 0 Å². The van der Waals surface area contributed by atoms with Gasteiger partial charge >= 0.3 is 6.09 Å². The Morgan fingerprint density at radius 1 is 1.15 bits per heavy atom. The zero-order valence-corrected chi connectivity index (χ0v) is 18.5. The topological polar surface area (TPSA) is 112 Å². The lowest BCUT2D eigenvalue weighted by molar-refractivity contribution is 0.0543. The van der Waals surface area contributed by atoms with Gasteiger partial charge in [0.25, 0.3) is 0 Å². The molecule has 1 N–H and O–H groups in total. The normalized spacial score (nSPS) is 12.0. The van der Waals surface area contributed by atoms with Gasteiger partial charge in [0.1, 0.15) is 22.6 Å². The number of fused-ring (bicyclic) bond motifs is 2. The Labute approximate surface area is 189 Å². The lowest BCUT2D eigenvalue weighted by Crippen LogP contribution is -2.26. The summed E-state index contributed by atoms with van der Waals surface area (Å²) in [4.78, 5) is 21.5. The van der Waals surface area contributed by atoms with E-state index in [9.17, 15) is 9.90 Å². The van der Waals surface area contributed by atoms with Crippen LogP contribution >= 0.6 is 0 Å². The molecule has 0 fully saturated rings. The number of pyridine rings is 2. The Morgan fingerprint density at radius 3 is 2.79 bits per heavy atom. The zero-order valence-electron chi connectivity index (χ0n) is 18.5. The van der Waals surface area contributed by atoms with E-state index in [0.717, 1.165) is 27.9 Å². The van der Waals surface area contributed by atoms with E-state index in [2.05, 4.69) is 20.3 Å². The van der Waals surface area contributed by atoms with Gasteiger partial charge in [0.2, 0.25) is 0 Å². The first-order valence-electron chi connectivity index (χ1n) is 10.5. The molecule has 10 heteroatoms. The summed E-state index contributed by atoms with van der Waals surface area (Å²) in [5, 5.41) is 18.6. The van der Waals surface area contributed by atoms with E-state index in [4.69, 9.17) is 4.74 Å². The minimum atomic E-state index is -0.589. The predicted molar refractivity (Wildman–Crippen MR) is 121 cm³/mol. The van der Waals surface area contributed by atoms with Crippen LogP contribution in [0.3, 0.4) is 0 Å². The summed E-state index contributed by atoms with van der Waals surface area (Å²) in [6, 6.07) is 7.45. The van der Waals surface area contributed by atoms with Gasteiger partial charge in [0.05, 0.1) is 25.0 Å². The van der Waals surface area contributed by atoms with Crippen LogP contribution in [-0.4, -0.2) is 50.7 Å². The second-order valence-corrected chi connectivity index (χ2v) is 8.80. The largest absolute Gasteiger partial charge is 0.443 e. The molecular formula is C23H23N7O3. The van der Waals surface area contributed by atoms with Crippen LogP contribution in [0.4, 0.5) is 4.79 Å². The van der Waals surface area contributed by atoms with Crippen LogP contribution in [0.15, 0.2) is 55.2 Å². The summed E-state index contributed by atoms with van der Waals surface area (Å²) < 4.78 is 10.4. The van der Waals surface area contributed by atoms with Crippen LogP contribution in [0.1, 0.15) is 32.0 Å². The summed E-state index contributed by atoms with van der Waals surface area (Å²) in [7, 11) is 0. The van der Waals surface area contributed by atoms with E-state index in [1.807, 2.05) is 68.0 Å². The van der Waals surface area contributed by atoms with Crippen molar-refractivity contribution in [3.63, 3.8) is 0 Å². The van der Waals surface area contributed by atoms with E-state index in [1.54, 1.807) is 17.1 Å². The monoisotopic (exact) mass is 445 g/mol. The van der Waals surface area contributed by atoms with Crippen molar-refractivity contribution in [2.24, 2.45) is 0 Å². The number of aliphatic hydroxyl groups excluding tert-OH is 1. The maximum atomic E-state index is 12.4. The van der Waals surface area contributed by atoms with Crippen LogP contribution in [-0.2, 0) is 17.9 Å². The van der Waals surface area contributed by atoms with E-state index in [0.29, 0.717) is 17.9 Å². The molecule has 0 atom stereocenters. The molecule has 0 aliphatic heterocycles. The number of hydrogen-bond acceptors (Lipinski definition) is 7. The molecule has 0 saturated carbocycles. The van der Waals surface area contributed by atoms with Gasteiger partial charge in [-0.1, -0.05) is 11.3 Å². The Morgan fingerprint density at radius 2 is 2.00 bits per heavy atom. The molecule has 0 bridgehead atoms. The van der Waals surface area contributed by atoms with Crippen molar-refractivity contribution >= 4 is 22.8 Å². The SMILES string of the molecule is CC(C)(C)OC(=O)n1ccc2cc(-c3cn(Cc4cn5cc(CO)ccc5n4)nn3)cnc21. The summed E-state index contributed by atoms with van der Waals surface area (Å²) in [5.41, 5.74) is 3.83. The number of nitrogens with zero attached hydrogens (tertiary/aromatic N) is 7. The van der Waals surface area contributed by atoms with Crippen molar-refractivity contribution in [2.75, 3.05) is 0 Å². The Hall–Kier alpha value is -4.05. The lowest BCUT2D eigenvalue weighted by atomic mass is 10.2. The molecule has 5 aromatic heterocycles. The molecule has 0 amide bonds. The fourth-order valence-corrected chi connectivity index (χ4v) is 3.56. The zero-order chi connectivity index (χ0) is 23.2. The molecule has 10 nitrogen and oxygen atoms in total. The Bertz CT molecular complexity index is 1470. The third kappa shape index (κ3) is 4.20. The highest BCUT2D eigenvalue weighted by Gasteiger charge is 2.20. The molecule has 5 aromatic rings. The van der Waals surface area contributed by atoms with Gasteiger partial charge in [-0.25, -0.2) is 24.0 Å². The molecule has 0 spiro atoms. The second kappa shape index (κ2) is 7.82. The number of carbonyl (C=O) groups is 1. The summed E-state index contributed by atoms with van der Waals surface area (Å²) in [5.74, 6) is 0. The molecule has 5 rings (SSSR count). The summed E-state index contributed by atoms with van der Waals surface area (Å²) >= 11 is 0. The van der Waals surface area contributed by atoms with Gasteiger partial charge in [-0.2, -0.15) is 0 Å². The average molecular weight is 445 g/mol. The lowest BCUT2D eigenvalue weighted by Gasteiger charge is -2.19. The van der Waals surface area contributed by atoms with E-state index < -0.39 is 11.7 Å². The molecular weight excluding hydrogens is 422 g/mol. The number of ether oxygens (including phenoxy) is 1. The molecule has 0 aliphatic carbocycles. The first kappa shape index (κ1) is 20.8. The highest BCUT2D eigenvalue weighted by Crippen LogP contribution is 2.23. The highest BCUT2D eigenvalue weighted by molar-refractivity contribution is 5.89. The molecule has 0 aromatic carbocycles. The quantitative estimate of drug-likeness (QED) is 0.452. The number of rotatable bonds is 4. The van der Waals surface area contributed by atoms with Crippen molar-refractivity contribution in [1.29, 1.82) is 0 Å². The van der Waals surface area contributed by atoms with E-state index >= 15 is 0 Å². The minimum absolute atomic E-state index is 0.0184. The molecule has 0 radical (unpaired) electrons. The third-order valence-corrected chi connectivity index (χ3v) is 5.02. The van der Waals surface area contributed by atoms with E-state index in [1.165, 1.54) is 4.57 Å². The van der Waals surface area contributed by atoms with Crippen molar-refractivity contribution < 1.29 is 14.6 Å². The molecule has 33 heavy (non-hydrogen) atoms. The van der Waals surface area contributed by atoms with Gasteiger partial charge in [0, 0.05) is 35.7 Å². The number of imidazole rings is 1. The van der Waals surface area contributed by atoms with Crippen LogP contribution in [0.2, 0.25) is 0 Å². The molecule has 0 saturated heterocycles. The van der Waals surface area contributed by atoms with Gasteiger partial charge in [-0.05, 0) is 44.5 Å². The Kier molecular flexibility index (Phi) is 4.94. The fraction of sp³-hybridized carbons (Fsp3) is 0.261. The van der Waals surface area contributed by atoms with Crippen molar-refractivity contribution in [2.45, 2.75) is 39.5 Å². The van der Waals surface area contributed by atoms with Crippen molar-refractivity contribution in [3.05, 3.63) is 66.5 Å². The number of aromatic nitrogens is 7. The first-order chi connectivity index (χ1) is 15.8. The Balaban J connectivity index is 1.37. The number of hydrogen-bond donors (Lipinski definition) is 1. The highest BCUT2D eigenvalue weighted by atomic mass is 16.6. The minimum Gasteiger partial charge on any atom is -0.443 e. The first-order valence-corrected chi connectivity index (χ1v) is 10.5. The van der Waals surface area contributed by atoms with Gasteiger partial charge in [0.15, 0.2) is 0 Å². The van der Waals surface area contributed by atoms with Crippen molar-refractivity contribution in [1.82, 2.24) is 33.9 Å². The average Bonchev–Trinajstić information content (AvgIpc) is 3.49. The molecule has 5 heterocycles. The second-order valence-electron chi connectivity index (χ2n) is 8.80. The molecule has 0 aliphatic rings. The predicted octanol–water partition coefficient (Wildman–Crippen LogP) is 3.27. The molecule has 168 valence electrons. The summed E-state index contributed by atoms with van der Waals surface area (Å²) in [6.07, 6.45) is 8.43. The van der Waals surface area contributed by atoms with E-state index in [-0.39, 0.29) is 6.61 Å². The van der Waals surface area contributed by atoms with Crippen molar-refractivity contribution in [3.8, 4) is 11.3 Å². The molecule has 0 unspecified atom stereocenters. The maximum absolute atomic E-state index is 12.4. The number of carbonyl (C=O) groups excluding carboxylic acids is 1. The summed E-state index contributed by atoms with van der Waals surface area (Å²) in [6.45, 7) is 5.90. The van der Waals surface area contributed by atoms with Gasteiger partial charge in [-0.15, -0.1) is 5.10 Å². The fourth-order valence-electron chi connectivity index (χ4n) is 3.56. The van der Waals surface area contributed by atoms with Crippen LogP contribution in [0, 0.1) is 0 Å². The van der Waals surface area contributed by atoms with Gasteiger partial charge < -0.3 is 14.2 Å². The smallest absolute Gasteiger partial charge is 0.420 e. The van der Waals surface area contributed by atoms with Crippen LogP contribution in [0.25, 0.3) is 27.9 Å². The number of aliphatic hydroxyl groups is 1. The van der Waals surface area contributed by atoms with Crippen LogP contribution in [0.5, 0.6) is 0 Å². The standard InChI is InChI=1S/C23H23N7O3/c1-23(2,3)33-22(32)30-7-6-16-8-17(9-24-21(16)30)19-13-29(27-26-19)12-18-11-28-10-15(14-31)4-5-20(28)25-18/h4-11,13,31H,12,14H2,1-3H3. The maximum Gasteiger partial charge on any atom is 0.420 e. The van der Waals surface area contributed by atoms with Crippen LogP contribution < -0.4 is 0 Å². The third-order valence-electron chi connectivity index (χ3n) is 5.02.